The van der Waals surface area contributed by atoms with Crippen LogP contribution in [0.2, 0.25) is 0 Å². The van der Waals surface area contributed by atoms with Gasteiger partial charge >= 0.3 is 11.9 Å². The van der Waals surface area contributed by atoms with E-state index in [1.807, 2.05) is 20.8 Å². The van der Waals surface area contributed by atoms with Crippen LogP contribution in [0.1, 0.15) is 33.6 Å². The number of carbonyl (C=O) groups is 2. The Morgan fingerprint density at radius 3 is 2.56 bits per heavy atom. The Bertz CT molecular complexity index is 346. The van der Waals surface area contributed by atoms with E-state index in [2.05, 4.69) is 21.5 Å². The normalized spacial score (nSPS) is 20.3. The Kier molecular flexibility index (Phi) is 3.94. The lowest BCUT2D eigenvalue weighted by molar-refractivity contribution is -0.139. The first-order valence-electron chi connectivity index (χ1n) is 5.36. The van der Waals surface area contributed by atoms with Gasteiger partial charge in [-0.1, -0.05) is 20.8 Å². The largest absolute Gasteiger partial charge is 0.456 e. The standard InChI is InChI=1S/C12H16O4/c1-4-6-15-10(13)5-7-16-11(14)9-8-12(9,2)3/h9H,4,6,8H2,1-3H3. The summed E-state index contributed by atoms with van der Waals surface area (Å²) in [7, 11) is 0. The lowest BCUT2D eigenvalue weighted by Gasteiger charge is -1.98. The molecule has 16 heavy (non-hydrogen) atoms. The number of ether oxygens (including phenoxy) is 2. The second-order valence-electron chi connectivity index (χ2n) is 4.53. The van der Waals surface area contributed by atoms with Gasteiger partial charge in [0.15, 0.2) is 0 Å². The summed E-state index contributed by atoms with van der Waals surface area (Å²) < 4.78 is 9.34. The number of hydrogen-bond acceptors (Lipinski definition) is 4. The molecule has 1 unspecified atom stereocenters. The van der Waals surface area contributed by atoms with Gasteiger partial charge in [0, 0.05) is 0 Å². The molecule has 0 bridgehead atoms. The fourth-order valence-corrected chi connectivity index (χ4v) is 1.29. The highest BCUT2D eigenvalue weighted by Crippen LogP contribution is 2.52. The van der Waals surface area contributed by atoms with E-state index in [0.29, 0.717) is 6.61 Å². The minimum absolute atomic E-state index is 0.0154. The van der Waals surface area contributed by atoms with E-state index in [1.54, 1.807) is 0 Å². The monoisotopic (exact) mass is 224 g/mol. The quantitative estimate of drug-likeness (QED) is 0.538. The zero-order valence-corrected chi connectivity index (χ0v) is 9.83. The van der Waals surface area contributed by atoms with Crippen molar-refractivity contribution >= 4 is 11.9 Å². The molecule has 0 heterocycles. The van der Waals surface area contributed by atoms with Gasteiger partial charge < -0.3 is 9.47 Å². The van der Waals surface area contributed by atoms with Gasteiger partial charge in [0.1, 0.15) is 6.11 Å². The fourth-order valence-electron chi connectivity index (χ4n) is 1.29. The highest BCUT2D eigenvalue weighted by molar-refractivity contribution is 5.88. The molecule has 0 aliphatic heterocycles. The lowest BCUT2D eigenvalue weighted by atomic mass is 10.1. The van der Waals surface area contributed by atoms with Crippen molar-refractivity contribution in [2.75, 3.05) is 6.61 Å². The van der Waals surface area contributed by atoms with Crippen LogP contribution in [0, 0.1) is 23.4 Å². The second-order valence-corrected chi connectivity index (χ2v) is 4.53. The zero-order chi connectivity index (χ0) is 12.2. The Labute approximate surface area is 95.3 Å². The van der Waals surface area contributed by atoms with Gasteiger partial charge in [-0.25, -0.2) is 4.79 Å². The van der Waals surface area contributed by atoms with Gasteiger partial charge in [0.2, 0.25) is 0 Å². The molecule has 1 aliphatic rings. The third-order valence-corrected chi connectivity index (χ3v) is 2.54. The first-order valence-corrected chi connectivity index (χ1v) is 5.36. The summed E-state index contributed by atoms with van der Waals surface area (Å²) in [5.41, 5.74) is 0.0154. The molecule has 4 nitrogen and oxygen atoms in total. The Morgan fingerprint density at radius 2 is 2.06 bits per heavy atom. The van der Waals surface area contributed by atoms with Crippen molar-refractivity contribution in [3.63, 3.8) is 0 Å². The van der Waals surface area contributed by atoms with E-state index in [4.69, 9.17) is 0 Å². The van der Waals surface area contributed by atoms with Gasteiger partial charge in [-0.05, 0) is 18.3 Å². The summed E-state index contributed by atoms with van der Waals surface area (Å²) in [4.78, 5) is 22.2. The number of rotatable bonds is 3. The molecule has 0 aromatic heterocycles. The predicted molar refractivity (Wildman–Crippen MR) is 57.0 cm³/mol. The maximum absolute atomic E-state index is 11.3. The Morgan fingerprint density at radius 1 is 1.44 bits per heavy atom. The third kappa shape index (κ3) is 3.58. The Balaban J connectivity index is 2.27. The number of esters is 2. The van der Waals surface area contributed by atoms with Crippen LogP contribution in [0.5, 0.6) is 0 Å². The van der Waals surface area contributed by atoms with E-state index in [0.717, 1.165) is 12.8 Å². The average molecular weight is 224 g/mol. The molecule has 1 aliphatic carbocycles. The van der Waals surface area contributed by atoms with Crippen molar-refractivity contribution in [1.29, 1.82) is 0 Å². The van der Waals surface area contributed by atoms with E-state index in [1.165, 1.54) is 0 Å². The topological polar surface area (TPSA) is 52.6 Å². The minimum atomic E-state index is -0.662. The SMILES string of the molecule is CCCOC(=O)C#COC(=O)C1CC1(C)C. The van der Waals surface area contributed by atoms with Crippen molar-refractivity contribution in [3.05, 3.63) is 0 Å². The van der Waals surface area contributed by atoms with Crippen LogP contribution in [0.3, 0.4) is 0 Å². The summed E-state index contributed by atoms with van der Waals surface area (Å²) in [6.45, 7) is 6.19. The van der Waals surface area contributed by atoms with Gasteiger partial charge in [-0.15, -0.1) is 0 Å². The second kappa shape index (κ2) is 5.02. The van der Waals surface area contributed by atoms with Crippen molar-refractivity contribution < 1.29 is 19.1 Å². The highest BCUT2D eigenvalue weighted by Gasteiger charge is 2.51. The van der Waals surface area contributed by atoms with Crippen molar-refractivity contribution in [2.45, 2.75) is 33.6 Å². The Hall–Kier alpha value is -1.50. The van der Waals surface area contributed by atoms with Gasteiger partial charge in [-0.2, -0.15) is 0 Å². The molecule has 1 atom stereocenters. The minimum Gasteiger partial charge on any atom is -0.456 e. The van der Waals surface area contributed by atoms with Crippen molar-refractivity contribution in [1.82, 2.24) is 0 Å². The molecule has 0 radical (unpaired) electrons. The van der Waals surface area contributed by atoms with Crippen LogP contribution in [-0.2, 0) is 19.1 Å². The summed E-state index contributed by atoms with van der Waals surface area (Å²) in [5, 5.41) is 0. The molecule has 0 spiro atoms. The molecule has 1 saturated carbocycles. The summed E-state index contributed by atoms with van der Waals surface area (Å²) in [5.74, 6) is 0.992. The fraction of sp³-hybridized carbons (Fsp3) is 0.667. The van der Waals surface area contributed by atoms with Crippen molar-refractivity contribution in [2.24, 2.45) is 11.3 Å². The highest BCUT2D eigenvalue weighted by atomic mass is 16.5. The van der Waals surface area contributed by atoms with Crippen molar-refractivity contribution in [3.8, 4) is 12.0 Å². The third-order valence-electron chi connectivity index (χ3n) is 2.54. The molecule has 0 aromatic rings. The molecular formula is C12H16O4. The van der Waals surface area contributed by atoms with Crippen LogP contribution in [0.25, 0.3) is 0 Å². The van der Waals surface area contributed by atoms with Gasteiger partial charge in [0.25, 0.3) is 0 Å². The molecule has 88 valence electrons. The number of hydrogen-bond donors (Lipinski definition) is 0. The van der Waals surface area contributed by atoms with E-state index in [9.17, 15) is 9.59 Å². The lowest BCUT2D eigenvalue weighted by Crippen LogP contribution is -2.08. The van der Waals surface area contributed by atoms with Crippen LogP contribution < -0.4 is 0 Å². The predicted octanol–water partition coefficient (Wildman–Crippen LogP) is 1.49. The molecule has 0 saturated heterocycles. The van der Waals surface area contributed by atoms with Crippen LogP contribution in [-0.4, -0.2) is 18.5 Å². The van der Waals surface area contributed by atoms with E-state index < -0.39 is 5.97 Å². The maximum Gasteiger partial charge on any atom is 0.387 e. The smallest absolute Gasteiger partial charge is 0.387 e. The van der Waals surface area contributed by atoms with Crippen LogP contribution in [0.4, 0.5) is 0 Å². The summed E-state index contributed by atoms with van der Waals surface area (Å²) in [6.07, 6.45) is 3.63. The van der Waals surface area contributed by atoms with E-state index in [-0.39, 0.29) is 17.3 Å². The molecule has 4 heteroatoms. The molecule has 1 rings (SSSR count). The summed E-state index contributed by atoms with van der Waals surface area (Å²) >= 11 is 0. The zero-order valence-electron chi connectivity index (χ0n) is 9.83. The molecule has 0 N–H and O–H groups in total. The number of carbonyl (C=O) groups excluding carboxylic acids is 2. The van der Waals surface area contributed by atoms with Crippen LogP contribution >= 0.6 is 0 Å². The average Bonchev–Trinajstić information content (AvgIpc) is 2.84. The van der Waals surface area contributed by atoms with Gasteiger partial charge in [0.05, 0.1) is 18.4 Å². The first-order chi connectivity index (χ1) is 7.47. The van der Waals surface area contributed by atoms with E-state index >= 15 is 0 Å². The summed E-state index contributed by atoms with van der Waals surface area (Å²) in [6, 6.07) is 0. The maximum atomic E-state index is 11.3. The van der Waals surface area contributed by atoms with Crippen LogP contribution in [0.15, 0.2) is 0 Å². The molecule has 0 amide bonds. The molecule has 1 fully saturated rings. The van der Waals surface area contributed by atoms with Gasteiger partial charge in [-0.3, -0.25) is 4.79 Å². The molecular weight excluding hydrogens is 208 g/mol. The molecule has 0 aromatic carbocycles. The first kappa shape index (κ1) is 12.6.